The zero-order chi connectivity index (χ0) is 16.3. The van der Waals surface area contributed by atoms with Crippen molar-refractivity contribution in [2.75, 3.05) is 13.4 Å². The van der Waals surface area contributed by atoms with Gasteiger partial charge >= 0.3 is 11.6 Å². The maximum absolute atomic E-state index is 11.1. The lowest BCUT2D eigenvalue weighted by molar-refractivity contribution is -0.386. The number of aromatic nitrogens is 2. The minimum Gasteiger partial charge on any atom is -0.497 e. The van der Waals surface area contributed by atoms with Crippen molar-refractivity contribution < 1.29 is 14.4 Å². The van der Waals surface area contributed by atoms with Crippen LogP contribution in [0.15, 0.2) is 23.4 Å². The van der Waals surface area contributed by atoms with Crippen LogP contribution in [-0.2, 0) is 0 Å². The number of ether oxygens (including phenoxy) is 2. The van der Waals surface area contributed by atoms with Crippen LogP contribution in [0.1, 0.15) is 0 Å². The molecule has 7 nitrogen and oxygen atoms in total. The van der Waals surface area contributed by atoms with Gasteiger partial charge in [0.05, 0.1) is 12.0 Å². The summed E-state index contributed by atoms with van der Waals surface area (Å²) in [5.41, 5.74) is -0.515. The normalized spacial score (nSPS) is 10.4. The number of thioether (sulfide) groups is 1. The van der Waals surface area contributed by atoms with Crippen molar-refractivity contribution in [3.8, 4) is 17.4 Å². The Morgan fingerprint density at radius 3 is 2.50 bits per heavy atom. The van der Waals surface area contributed by atoms with Crippen LogP contribution in [0.25, 0.3) is 0 Å². The Balaban J connectivity index is 2.50. The molecule has 0 radical (unpaired) electrons. The third-order valence-electron chi connectivity index (χ3n) is 2.45. The molecule has 10 heteroatoms. The zero-order valence-electron chi connectivity index (χ0n) is 11.4. The van der Waals surface area contributed by atoms with Crippen LogP contribution in [0.4, 0.5) is 5.69 Å². The van der Waals surface area contributed by atoms with E-state index in [1.807, 2.05) is 0 Å². The molecular weight excluding hydrogens is 353 g/mol. The predicted octanol–water partition coefficient (Wildman–Crippen LogP) is 4.21. The first-order valence-electron chi connectivity index (χ1n) is 5.73. The highest BCUT2D eigenvalue weighted by molar-refractivity contribution is 7.98. The molecule has 0 aliphatic carbocycles. The number of hydrogen-bond acceptors (Lipinski definition) is 7. The first kappa shape index (κ1) is 16.6. The number of methoxy groups -OCH3 is 1. The van der Waals surface area contributed by atoms with Gasteiger partial charge in [-0.25, -0.2) is 4.98 Å². The lowest BCUT2D eigenvalue weighted by Gasteiger charge is -2.09. The summed E-state index contributed by atoms with van der Waals surface area (Å²) >= 11 is 12.9. The van der Waals surface area contributed by atoms with Gasteiger partial charge in [0.1, 0.15) is 11.5 Å². The second-order valence-corrected chi connectivity index (χ2v) is 5.41. The van der Waals surface area contributed by atoms with E-state index in [9.17, 15) is 10.1 Å². The lowest BCUT2D eigenvalue weighted by atomic mass is 10.3. The van der Waals surface area contributed by atoms with Gasteiger partial charge in [0, 0.05) is 11.1 Å². The molecule has 0 unspecified atom stereocenters. The molecule has 0 aliphatic rings. The number of nitrogens with zero attached hydrogens (tertiary/aromatic N) is 3. The van der Waals surface area contributed by atoms with Crippen LogP contribution < -0.4 is 9.47 Å². The third-order valence-corrected chi connectivity index (χ3v) is 3.48. The van der Waals surface area contributed by atoms with Gasteiger partial charge in [0.2, 0.25) is 5.15 Å². The Bertz CT molecular complexity index is 730. The molecule has 0 fully saturated rings. The summed E-state index contributed by atoms with van der Waals surface area (Å²) in [6.45, 7) is 0. The summed E-state index contributed by atoms with van der Waals surface area (Å²) < 4.78 is 10.5. The lowest BCUT2D eigenvalue weighted by Crippen LogP contribution is -2.00. The average molecular weight is 362 g/mol. The van der Waals surface area contributed by atoms with E-state index in [2.05, 4.69) is 9.97 Å². The maximum atomic E-state index is 11.1. The Kier molecular flexibility index (Phi) is 5.28. The Hall–Kier alpha value is -1.77. The summed E-state index contributed by atoms with van der Waals surface area (Å²) in [5, 5.41) is 11.4. The summed E-state index contributed by atoms with van der Waals surface area (Å²) in [5.74, 6) is 0.406. The fraction of sp³-hybridized carbons (Fsp3) is 0.167. The summed E-state index contributed by atoms with van der Waals surface area (Å²) in [4.78, 5) is 18.2. The molecule has 0 bridgehead atoms. The fourth-order valence-corrected chi connectivity index (χ4v) is 2.38. The van der Waals surface area contributed by atoms with Gasteiger partial charge in [0.15, 0.2) is 5.16 Å². The molecule has 0 amide bonds. The van der Waals surface area contributed by atoms with Crippen molar-refractivity contribution in [3.05, 3.63) is 38.5 Å². The number of hydrogen-bond donors (Lipinski definition) is 0. The second-order valence-electron chi connectivity index (χ2n) is 3.84. The monoisotopic (exact) mass is 361 g/mol. The highest BCUT2D eigenvalue weighted by Gasteiger charge is 2.26. The van der Waals surface area contributed by atoms with E-state index in [-0.39, 0.29) is 21.9 Å². The fourth-order valence-electron chi connectivity index (χ4n) is 1.53. The largest absolute Gasteiger partial charge is 0.497 e. The van der Waals surface area contributed by atoms with Crippen molar-refractivity contribution in [1.82, 2.24) is 9.97 Å². The average Bonchev–Trinajstić information content (AvgIpc) is 2.45. The molecule has 1 heterocycles. The van der Waals surface area contributed by atoms with Crippen molar-refractivity contribution >= 4 is 40.7 Å². The second kappa shape index (κ2) is 6.99. The van der Waals surface area contributed by atoms with Gasteiger partial charge in [-0.1, -0.05) is 35.0 Å². The third kappa shape index (κ3) is 3.70. The van der Waals surface area contributed by atoms with Gasteiger partial charge in [-0.3, -0.25) is 10.1 Å². The van der Waals surface area contributed by atoms with Crippen molar-refractivity contribution in [1.29, 1.82) is 0 Å². The van der Waals surface area contributed by atoms with Crippen LogP contribution >= 0.6 is 35.0 Å². The molecule has 0 aliphatic heterocycles. The van der Waals surface area contributed by atoms with Crippen LogP contribution in [-0.4, -0.2) is 28.3 Å². The first-order chi connectivity index (χ1) is 10.4. The van der Waals surface area contributed by atoms with Crippen LogP contribution in [0.2, 0.25) is 10.2 Å². The van der Waals surface area contributed by atoms with Crippen molar-refractivity contribution in [2.45, 2.75) is 5.16 Å². The SMILES string of the molecule is COc1cc(Cl)cc(Oc2nc(SC)nc(Cl)c2[N+](=O)[O-])c1. The van der Waals surface area contributed by atoms with E-state index in [0.717, 1.165) is 0 Å². The van der Waals surface area contributed by atoms with Crippen LogP contribution in [0, 0.1) is 10.1 Å². The smallest absolute Gasteiger partial charge is 0.368 e. The molecule has 1 aromatic carbocycles. The van der Waals surface area contributed by atoms with E-state index in [1.54, 1.807) is 12.3 Å². The summed E-state index contributed by atoms with van der Waals surface area (Å²) in [6.07, 6.45) is 1.71. The van der Waals surface area contributed by atoms with Gasteiger partial charge < -0.3 is 9.47 Å². The number of rotatable bonds is 5. The molecule has 0 spiro atoms. The van der Waals surface area contributed by atoms with Crippen LogP contribution in [0.3, 0.4) is 0 Å². The Labute approximate surface area is 139 Å². The van der Waals surface area contributed by atoms with Gasteiger partial charge in [-0.05, 0) is 18.4 Å². The van der Waals surface area contributed by atoms with E-state index in [0.29, 0.717) is 10.8 Å². The Morgan fingerprint density at radius 1 is 1.23 bits per heavy atom. The molecule has 2 rings (SSSR count). The standard InChI is InChI=1S/C12H9Cl2N3O4S/c1-20-7-3-6(13)4-8(5-7)21-11-9(17(18)19)10(14)15-12(16-11)22-2/h3-5H,1-2H3. The molecule has 22 heavy (non-hydrogen) atoms. The molecular formula is C12H9Cl2N3O4S. The number of halogens is 2. The van der Waals surface area contributed by atoms with Gasteiger partial charge in [-0.15, -0.1) is 0 Å². The summed E-state index contributed by atoms with van der Waals surface area (Å²) in [7, 11) is 1.46. The van der Waals surface area contributed by atoms with Gasteiger partial charge in [-0.2, -0.15) is 4.98 Å². The molecule has 0 N–H and O–H groups in total. The number of nitro groups is 1. The Morgan fingerprint density at radius 2 is 1.91 bits per heavy atom. The molecule has 2 aromatic rings. The predicted molar refractivity (Wildman–Crippen MR) is 83.6 cm³/mol. The quantitative estimate of drug-likeness (QED) is 0.259. The van der Waals surface area contributed by atoms with Crippen LogP contribution in [0.5, 0.6) is 17.4 Å². The van der Waals surface area contributed by atoms with Crippen molar-refractivity contribution in [3.63, 3.8) is 0 Å². The van der Waals surface area contributed by atoms with Crippen molar-refractivity contribution in [2.24, 2.45) is 0 Å². The molecule has 0 saturated carbocycles. The highest BCUT2D eigenvalue weighted by Crippen LogP contribution is 2.37. The van der Waals surface area contributed by atoms with E-state index >= 15 is 0 Å². The topological polar surface area (TPSA) is 87.4 Å². The zero-order valence-corrected chi connectivity index (χ0v) is 13.7. The molecule has 0 saturated heterocycles. The van der Waals surface area contributed by atoms with Gasteiger partial charge in [0.25, 0.3) is 0 Å². The summed E-state index contributed by atoms with van der Waals surface area (Å²) in [6, 6.07) is 4.57. The highest BCUT2D eigenvalue weighted by atomic mass is 35.5. The maximum Gasteiger partial charge on any atom is 0.368 e. The first-order valence-corrected chi connectivity index (χ1v) is 7.71. The number of benzene rings is 1. The minimum absolute atomic E-state index is 0.231. The molecule has 0 atom stereocenters. The molecule has 116 valence electrons. The van der Waals surface area contributed by atoms with E-state index < -0.39 is 10.6 Å². The molecule has 1 aromatic heterocycles. The van der Waals surface area contributed by atoms with E-state index in [1.165, 1.54) is 31.0 Å². The van der Waals surface area contributed by atoms with E-state index in [4.69, 9.17) is 32.7 Å². The minimum atomic E-state index is -0.705.